The predicted molar refractivity (Wildman–Crippen MR) is 136 cm³/mol. The lowest BCUT2D eigenvalue weighted by Gasteiger charge is -2.36. The Labute approximate surface area is 207 Å². The molecule has 2 aliphatic rings. The highest BCUT2D eigenvalue weighted by molar-refractivity contribution is 7.89. The van der Waals surface area contributed by atoms with Gasteiger partial charge in [0.2, 0.25) is 21.8 Å². The number of nitrogens with one attached hydrogen (secondary N) is 1. The van der Waals surface area contributed by atoms with Crippen LogP contribution in [0, 0.1) is 20.8 Å². The molecule has 2 saturated heterocycles. The van der Waals surface area contributed by atoms with E-state index in [2.05, 4.69) is 22.3 Å². The van der Waals surface area contributed by atoms with Gasteiger partial charge in [0, 0.05) is 38.4 Å². The van der Waals surface area contributed by atoms with Crippen LogP contribution in [0.3, 0.4) is 0 Å². The first-order valence-electron chi connectivity index (χ1n) is 12.1. The molecule has 0 aliphatic carbocycles. The number of hydrogen-bond acceptors (Lipinski definition) is 5. The lowest BCUT2D eigenvalue weighted by atomic mass is 10.1. The molecule has 4 rings (SSSR count). The number of rotatable bonds is 6. The number of carbonyl (C=O) groups excluding carboxylic acids is 2. The largest absolute Gasteiger partial charge is 0.368 e. The summed E-state index contributed by atoms with van der Waals surface area (Å²) in [5, 5.41) is 2.71. The van der Waals surface area contributed by atoms with E-state index in [1.54, 1.807) is 18.7 Å². The fourth-order valence-electron chi connectivity index (χ4n) is 5.23. The van der Waals surface area contributed by atoms with E-state index in [-0.39, 0.29) is 17.3 Å². The molecule has 188 valence electrons. The zero-order chi connectivity index (χ0) is 25.2. The van der Waals surface area contributed by atoms with E-state index in [1.165, 1.54) is 4.31 Å². The molecular weight excluding hydrogens is 464 g/mol. The molecule has 0 radical (unpaired) electrons. The number of piperazine rings is 1. The quantitative estimate of drug-likeness (QED) is 0.660. The summed E-state index contributed by atoms with van der Waals surface area (Å²) >= 11 is 0. The molecule has 9 heteroatoms. The standard InChI is InChI=1S/C26H34N4O4S/c1-19-16-20(2)25(21(3)17-19)35(33,34)30-11-7-10-23(30)26(32)27-18-24(31)29-14-12-28(13-15-29)22-8-5-4-6-9-22/h4-6,8-9,16-17,23H,7,10-15,18H2,1-3H3,(H,27,32). The summed E-state index contributed by atoms with van der Waals surface area (Å²) in [6.07, 6.45) is 1.05. The van der Waals surface area contributed by atoms with Gasteiger partial charge in [-0.05, 0) is 56.9 Å². The van der Waals surface area contributed by atoms with E-state index < -0.39 is 22.0 Å². The first-order valence-corrected chi connectivity index (χ1v) is 13.6. The Morgan fingerprint density at radius 1 is 0.943 bits per heavy atom. The molecule has 8 nitrogen and oxygen atoms in total. The predicted octanol–water partition coefficient (Wildman–Crippen LogP) is 2.23. The van der Waals surface area contributed by atoms with Gasteiger partial charge in [0.15, 0.2) is 0 Å². The van der Waals surface area contributed by atoms with E-state index in [4.69, 9.17) is 0 Å². The summed E-state index contributed by atoms with van der Waals surface area (Å²) in [4.78, 5) is 30.0. The molecule has 1 N–H and O–H groups in total. The van der Waals surface area contributed by atoms with Gasteiger partial charge >= 0.3 is 0 Å². The van der Waals surface area contributed by atoms with Crippen LogP contribution in [0.25, 0.3) is 0 Å². The molecule has 1 atom stereocenters. The van der Waals surface area contributed by atoms with Crippen LogP contribution in [0.2, 0.25) is 0 Å². The molecule has 2 aromatic rings. The van der Waals surface area contributed by atoms with E-state index >= 15 is 0 Å². The first-order chi connectivity index (χ1) is 16.7. The lowest BCUT2D eigenvalue weighted by molar-refractivity contribution is -0.133. The van der Waals surface area contributed by atoms with Crippen molar-refractivity contribution < 1.29 is 18.0 Å². The van der Waals surface area contributed by atoms with Crippen molar-refractivity contribution in [2.24, 2.45) is 0 Å². The molecular formula is C26H34N4O4S. The van der Waals surface area contributed by atoms with Crippen molar-refractivity contribution in [3.8, 4) is 0 Å². The van der Waals surface area contributed by atoms with Crippen molar-refractivity contribution in [1.82, 2.24) is 14.5 Å². The average Bonchev–Trinajstić information content (AvgIpc) is 3.33. The van der Waals surface area contributed by atoms with Crippen LogP contribution < -0.4 is 10.2 Å². The summed E-state index contributed by atoms with van der Waals surface area (Å²) in [6.45, 7) is 8.30. The Morgan fingerprint density at radius 3 is 2.20 bits per heavy atom. The fourth-order valence-corrected chi connectivity index (χ4v) is 7.30. The van der Waals surface area contributed by atoms with E-state index in [0.29, 0.717) is 43.6 Å². The zero-order valence-corrected chi connectivity index (χ0v) is 21.5. The van der Waals surface area contributed by atoms with Crippen LogP contribution in [0.15, 0.2) is 47.4 Å². The molecule has 0 bridgehead atoms. The van der Waals surface area contributed by atoms with Gasteiger partial charge in [0.05, 0.1) is 11.4 Å². The lowest BCUT2D eigenvalue weighted by Crippen LogP contribution is -2.53. The monoisotopic (exact) mass is 498 g/mol. The Morgan fingerprint density at radius 2 is 1.57 bits per heavy atom. The highest BCUT2D eigenvalue weighted by atomic mass is 32.2. The molecule has 1 unspecified atom stereocenters. The number of amides is 2. The minimum absolute atomic E-state index is 0.128. The van der Waals surface area contributed by atoms with Gasteiger partial charge in [-0.1, -0.05) is 35.9 Å². The number of anilines is 1. The number of aryl methyl sites for hydroxylation is 3. The van der Waals surface area contributed by atoms with Crippen molar-refractivity contribution in [1.29, 1.82) is 0 Å². The molecule has 0 aromatic heterocycles. The summed E-state index contributed by atoms with van der Waals surface area (Å²) in [5.74, 6) is -0.562. The molecule has 0 saturated carbocycles. The molecule has 2 heterocycles. The van der Waals surface area contributed by atoms with Gasteiger partial charge in [-0.25, -0.2) is 8.42 Å². The van der Waals surface area contributed by atoms with E-state index in [0.717, 1.165) is 24.3 Å². The van der Waals surface area contributed by atoms with Gasteiger partial charge in [0.1, 0.15) is 6.04 Å². The van der Waals surface area contributed by atoms with Crippen LogP contribution in [0.5, 0.6) is 0 Å². The van der Waals surface area contributed by atoms with Crippen molar-refractivity contribution >= 4 is 27.5 Å². The molecule has 2 amide bonds. The topological polar surface area (TPSA) is 90.0 Å². The van der Waals surface area contributed by atoms with Crippen molar-refractivity contribution in [2.75, 3.05) is 44.2 Å². The van der Waals surface area contributed by atoms with Crippen LogP contribution in [0.4, 0.5) is 5.69 Å². The van der Waals surface area contributed by atoms with Gasteiger partial charge in [0.25, 0.3) is 0 Å². The number of benzene rings is 2. The number of carbonyl (C=O) groups is 2. The third-order valence-electron chi connectivity index (χ3n) is 6.85. The second-order valence-electron chi connectivity index (χ2n) is 9.42. The minimum Gasteiger partial charge on any atom is -0.368 e. The number of hydrogen-bond donors (Lipinski definition) is 1. The van der Waals surface area contributed by atoms with E-state index in [1.807, 2.05) is 37.3 Å². The molecule has 35 heavy (non-hydrogen) atoms. The summed E-state index contributed by atoms with van der Waals surface area (Å²) < 4.78 is 28.3. The van der Waals surface area contributed by atoms with E-state index in [9.17, 15) is 18.0 Å². The molecule has 2 aliphatic heterocycles. The Balaban J connectivity index is 1.35. The Kier molecular flexibility index (Phi) is 7.47. The zero-order valence-electron chi connectivity index (χ0n) is 20.7. The summed E-state index contributed by atoms with van der Waals surface area (Å²) in [5.41, 5.74) is 3.49. The maximum Gasteiger partial charge on any atom is 0.244 e. The normalized spacial score (nSPS) is 19.1. The summed E-state index contributed by atoms with van der Waals surface area (Å²) in [7, 11) is -3.83. The average molecular weight is 499 g/mol. The number of para-hydroxylation sites is 1. The van der Waals surface area contributed by atoms with Gasteiger partial charge in [-0.2, -0.15) is 4.31 Å². The Hall–Kier alpha value is -2.91. The Bertz CT molecular complexity index is 1170. The highest BCUT2D eigenvalue weighted by Crippen LogP contribution is 2.30. The highest BCUT2D eigenvalue weighted by Gasteiger charge is 2.40. The van der Waals surface area contributed by atoms with Crippen LogP contribution in [-0.2, 0) is 19.6 Å². The van der Waals surface area contributed by atoms with Gasteiger partial charge < -0.3 is 15.1 Å². The maximum atomic E-state index is 13.5. The van der Waals surface area contributed by atoms with Crippen LogP contribution in [-0.4, -0.2) is 74.7 Å². The molecule has 2 fully saturated rings. The van der Waals surface area contributed by atoms with Crippen molar-refractivity contribution in [3.05, 3.63) is 59.2 Å². The minimum atomic E-state index is -3.83. The second-order valence-corrected chi connectivity index (χ2v) is 11.3. The summed E-state index contributed by atoms with van der Waals surface area (Å²) in [6, 6.07) is 13.0. The third kappa shape index (κ3) is 5.36. The SMILES string of the molecule is Cc1cc(C)c(S(=O)(=O)N2CCCC2C(=O)NCC(=O)N2CCN(c3ccccc3)CC2)c(C)c1. The third-order valence-corrected chi connectivity index (χ3v) is 9.06. The first kappa shape index (κ1) is 25.2. The van der Waals surface area contributed by atoms with Gasteiger partial charge in [-0.15, -0.1) is 0 Å². The maximum absolute atomic E-state index is 13.5. The van der Waals surface area contributed by atoms with Crippen molar-refractivity contribution in [2.45, 2.75) is 44.6 Å². The fraction of sp³-hybridized carbons (Fsp3) is 0.462. The second kappa shape index (κ2) is 10.4. The van der Waals surface area contributed by atoms with Crippen LogP contribution in [0.1, 0.15) is 29.5 Å². The van der Waals surface area contributed by atoms with Crippen molar-refractivity contribution in [3.63, 3.8) is 0 Å². The van der Waals surface area contributed by atoms with Gasteiger partial charge in [-0.3, -0.25) is 9.59 Å². The molecule has 0 spiro atoms. The van der Waals surface area contributed by atoms with Crippen LogP contribution >= 0.6 is 0 Å². The number of nitrogens with zero attached hydrogens (tertiary/aromatic N) is 3. The molecule has 2 aromatic carbocycles. The smallest absolute Gasteiger partial charge is 0.244 e. The number of sulfonamides is 1.